The number of sulfonamides is 1. The molecule has 0 saturated heterocycles. The highest BCUT2D eigenvalue weighted by atomic mass is 35.5. The SMILES string of the molecule is CCN(CC)S(=O)(=O)c1ccc(CNC(=O)[C@H](Cc2ccc(C(F)(F)F)cc2)NC(=O)[C@@H]([NH3+])CC(=O)N(CC[NH3+])CC[NH3+])cc1.[Cl-].[Cl-].[Cl-]. The van der Waals surface area contributed by atoms with Crippen LogP contribution in [0.1, 0.15) is 37.0 Å². The van der Waals surface area contributed by atoms with Gasteiger partial charge in [-0.05, 0) is 35.4 Å². The van der Waals surface area contributed by atoms with Gasteiger partial charge in [0, 0.05) is 26.1 Å². The normalized spacial score (nSPS) is 12.4. The summed E-state index contributed by atoms with van der Waals surface area (Å²) in [6.45, 7) is 5.83. The summed E-state index contributed by atoms with van der Waals surface area (Å²) in [5, 5.41) is 5.28. The Morgan fingerprint density at radius 2 is 1.33 bits per heavy atom. The molecule has 2 aromatic carbocycles. The molecule has 2 rings (SSSR count). The second kappa shape index (κ2) is 22.1. The number of carbonyl (C=O) groups is 3. The summed E-state index contributed by atoms with van der Waals surface area (Å²) in [4.78, 5) is 40.7. The molecule has 19 heteroatoms. The first-order valence-corrected chi connectivity index (χ1v) is 16.1. The van der Waals surface area contributed by atoms with Crippen LogP contribution in [-0.2, 0) is 43.5 Å². The van der Waals surface area contributed by atoms with E-state index in [0.29, 0.717) is 50.4 Å². The van der Waals surface area contributed by atoms with E-state index in [1.165, 1.54) is 33.5 Å². The van der Waals surface area contributed by atoms with Crippen molar-refractivity contribution in [1.82, 2.24) is 19.8 Å². The Balaban J connectivity index is 0. The largest absolute Gasteiger partial charge is 1.00 e. The van der Waals surface area contributed by atoms with Crippen LogP contribution in [0.15, 0.2) is 53.4 Å². The number of alkyl halides is 3. The molecule has 11 N–H and O–H groups in total. The van der Waals surface area contributed by atoms with Gasteiger partial charge in [-0.2, -0.15) is 17.5 Å². The van der Waals surface area contributed by atoms with Crippen LogP contribution in [0.4, 0.5) is 13.2 Å². The maximum absolute atomic E-state index is 13.3. The Hall–Kier alpha value is -2.70. The Kier molecular flexibility index (Phi) is 21.8. The van der Waals surface area contributed by atoms with Crippen LogP contribution in [0.3, 0.4) is 0 Å². The molecule has 0 bridgehead atoms. The number of quaternary nitrogens is 3. The van der Waals surface area contributed by atoms with Crippen LogP contribution in [0, 0.1) is 0 Å². The quantitative estimate of drug-likeness (QED) is 0.106. The summed E-state index contributed by atoms with van der Waals surface area (Å²) in [5.41, 5.74) is 11.4. The summed E-state index contributed by atoms with van der Waals surface area (Å²) in [6.07, 6.45) is -4.89. The van der Waals surface area contributed by atoms with Crippen LogP contribution in [-0.4, -0.2) is 86.7 Å². The Morgan fingerprint density at radius 3 is 1.79 bits per heavy atom. The van der Waals surface area contributed by atoms with Gasteiger partial charge in [-0.15, -0.1) is 0 Å². The molecule has 0 spiro atoms. The highest BCUT2D eigenvalue weighted by Crippen LogP contribution is 2.29. The van der Waals surface area contributed by atoms with Crippen molar-refractivity contribution in [2.75, 3.05) is 39.3 Å². The van der Waals surface area contributed by atoms with E-state index in [0.717, 1.165) is 12.1 Å². The van der Waals surface area contributed by atoms with Crippen molar-refractivity contribution in [3.8, 4) is 0 Å². The number of nitrogens with zero attached hydrogens (tertiary/aromatic N) is 2. The first kappa shape index (κ1) is 47.4. The molecule has 0 heterocycles. The van der Waals surface area contributed by atoms with Crippen LogP contribution in [0.25, 0.3) is 0 Å². The number of benzene rings is 2. The smallest absolute Gasteiger partial charge is 0.416 e. The molecule has 2 atom stereocenters. The van der Waals surface area contributed by atoms with Gasteiger partial charge in [0.2, 0.25) is 21.8 Å². The lowest BCUT2D eigenvalue weighted by Crippen LogP contribution is -3.00. The third-order valence-corrected chi connectivity index (χ3v) is 9.15. The number of hydrogen-bond acceptors (Lipinski definition) is 5. The van der Waals surface area contributed by atoms with Gasteiger partial charge >= 0.3 is 6.18 Å². The Morgan fingerprint density at radius 1 is 0.833 bits per heavy atom. The maximum Gasteiger partial charge on any atom is 0.416 e. The fraction of sp³-hybridized carbons (Fsp3) is 0.483. The van der Waals surface area contributed by atoms with E-state index in [-0.39, 0.29) is 67.4 Å². The lowest BCUT2D eigenvalue weighted by Gasteiger charge is -2.22. The van der Waals surface area contributed by atoms with E-state index >= 15 is 0 Å². The van der Waals surface area contributed by atoms with Crippen molar-refractivity contribution in [1.29, 1.82) is 0 Å². The summed E-state index contributed by atoms with van der Waals surface area (Å²) < 4.78 is 66.0. The van der Waals surface area contributed by atoms with Crippen LogP contribution in [0.5, 0.6) is 0 Å². The third-order valence-electron chi connectivity index (χ3n) is 7.09. The number of halogens is 6. The molecule has 0 radical (unpaired) electrons. The second-order valence-electron chi connectivity index (χ2n) is 10.4. The van der Waals surface area contributed by atoms with Gasteiger partial charge in [-0.1, -0.05) is 38.1 Å². The van der Waals surface area contributed by atoms with Crippen molar-refractivity contribution >= 4 is 27.7 Å². The van der Waals surface area contributed by atoms with Gasteiger partial charge < -0.3 is 70.0 Å². The molecule has 48 heavy (non-hydrogen) atoms. The van der Waals surface area contributed by atoms with Crippen molar-refractivity contribution in [2.24, 2.45) is 0 Å². The number of rotatable bonds is 17. The maximum atomic E-state index is 13.3. The molecule has 0 fully saturated rings. The van der Waals surface area contributed by atoms with Crippen molar-refractivity contribution in [3.63, 3.8) is 0 Å². The molecule has 0 aliphatic rings. The molecule has 0 aromatic heterocycles. The number of nitrogens with one attached hydrogen (secondary N) is 2. The van der Waals surface area contributed by atoms with E-state index < -0.39 is 45.7 Å². The molecule has 12 nitrogen and oxygen atoms in total. The fourth-order valence-corrected chi connectivity index (χ4v) is 6.00. The number of amides is 3. The van der Waals surface area contributed by atoms with Crippen molar-refractivity contribution in [2.45, 2.75) is 56.4 Å². The molecule has 0 aliphatic heterocycles. The summed E-state index contributed by atoms with van der Waals surface area (Å²) >= 11 is 0. The van der Waals surface area contributed by atoms with Crippen LogP contribution in [0.2, 0.25) is 0 Å². The fourth-order valence-electron chi connectivity index (χ4n) is 4.54. The molecule has 2 aromatic rings. The second-order valence-corrected chi connectivity index (χ2v) is 12.3. The van der Waals surface area contributed by atoms with Gasteiger partial charge in [-0.25, -0.2) is 8.42 Å². The number of hydrogen-bond donors (Lipinski definition) is 5. The third kappa shape index (κ3) is 14.0. The van der Waals surface area contributed by atoms with E-state index in [1.54, 1.807) is 26.0 Å². The standard InChI is InChI=1S/C29H42F3N7O5S.3ClH/c1-3-39(4-2)45(43,44)23-11-7-21(8-12-23)19-36-28(42)25(17-20-5-9-22(10-6-20)29(30,31)32)37-27(41)24(35)18-26(40)38(15-13-33)16-14-34;;;/h5-12,24-25H,3-4,13-19,33-35H2,1-2H3,(H,36,42)(H,37,41);3*1H/t24-,25-;;;/m0.../s1. The zero-order valence-corrected chi connectivity index (χ0v) is 30.0. The zero-order valence-electron chi connectivity index (χ0n) is 26.9. The van der Waals surface area contributed by atoms with Crippen molar-refractivity contribution < 1.29 is 90.4 Å². The predicted octanol–water partition coefficient (Wildman–Crippen LogP) is -10.6. The van der Waals surface area contributed by atoms with E-state index in [4.69, 9.17) is 0 Å². The van der Waals surface area contributed by atoms with Gasteiger partial charge in [0.05, 0.1) is 43.1 Å². The number of carbonyl (C=O) groups excluding carboxylic acids is 3. The van der Waals surface area contributed by atoms with Gasteiger partial charge in [-0.3, -0.25) is 14.4 Å². The summed E-state index contributed by atoms with van der Waals surface area (Å²) in [7, 11) is -3.66. The first-order valence-electron chi connectivity index (χ1n) is 14.7. The Labute approximate surface area is 298 Å². The molecule has 0 unspecified atom stereocenters. The lowest BCUT2D eigenvalue weighted by atomic mass is 10.0. The molecule has 0 saturated carbocycles. The zero-order chi connectivity index (χ0) is 33.8. The molecular formula is C29H45Cl3F3N7O5S. The predicted molar refractivity (Wildman–Crippen MR) is 159 cm³/mol. The van der Waals surface area contributed by atoms with Gasteiger partial charge in [0.25, 0.3) is 5.91 Å². The van der Waals surface area contributed by atoms with Gasteiger partial charge in [0.15, 0.2) is 6.04 Å². The monoisotopic (exact) mass is 765 g/mol. The molecular weight excluding hydrogens is 722 g/mol. The average Bonchev–Trinajstić information content (AvgIpc) is 2.99. The van der Waals surface area contributed by atoms with Gasteiger partial charge in [0.1, 0.15) is 6.04 Å². The minimum atomic E-state index is -4.53. The Bertz CT molecular complexity index is 1380. The minimum absolute atomic E-state index is 0. The minimum Gasteiger partial charge on any atom is -1.00 e. The molecule has 0 aliphatic carbocycles. The first-order chi connectivity index (χ1) is 21.2. The van der Waals surface area contributed by atoms with E-state index in [2.05, 4.69) is 27.8 Å². The van der Waals surface area contributed by atoms with E-state index in [9.17, 15) is 36.0 Å². The lowest BCUT2D eigenvalue weighted by molar-refractivity contribution is -0.403. The molecule has 274 valence electrons. The van der Waals surface area contributed by atoms with E-state index in [1.807, 2.05) is 0 Å². The highest BCUT2D eigenvalue weighted by molar-refractivity contribution is 7.89. The molecule has 3 amide bonds. The van der Waals surface area contributed by atoms with Crippen LogP contribution >= 0.6 is 0 Å². The topological polar surface area (TPSA) is 199 Å². The summed E-state index contributed by atoms with van der Waals surface area (Å²) in [6, 6.07) is 7.98. The summed E-state index contributed by atoms with van der Waals surface area (Å²) in [5.74, 6) is -1.62. The highest BCUT2D eigenvalue weighted by Gasteiger charge is 2.31. The average molecular weight is 767 g/mol. The van der Waals surface area contributed by atoms with Crippen molar-refractivity contribution in [3.05, 3.63) is 65.2 Å². The van der Waals surface area contributed by atoms with Crippen LogP contribution < -0.4 is 65.1 Å².